The molecule has 0 N–H and O–H groups in total. The molecular formula is C15H12ClN3O2. The van der Waals surface area contributed by atoms with Gasteiger partial charge in [-0.1, -0.05) is 23.7 Å². The second-order valence-electron chi connectivity index (χ2n) is 4.32. The van der Waals surface area contributed by atoms with Crippen LogP contribution in [0.5, 0.6) is 0 Å². The van der Waals surface area contributed by atoms with E-state index in [2.05, 4.69) is 9.97 Å². The van der Waals surface area contributed by atoms with Crippen LogP contribution in [0.4, 0.5) is 0 Å². The highest BCUT2D eigenvalue weighted by atomic mass is 35.5. The Bertz CT molecular complexity index is 814. The summed E-state index contributed by atoms with van der Waals surface area (Å²) in [5.41, 5.74) is 2.53. The molecule has 6 heteroatoms. The predicted octanol–water partition coefficient (Wildman–Crippen LogP) is 3.25. The summed E-state index contributed by atoms with van der Waals surface area (Å²) in [5.74, 6) is -0.372. The summed E-state index contributed by atoms with van der Waals surface area (Å²) in [6.07, 6.45) is 3.22. The normalized spacial score (nSPS) is 10.8. The number of carbonyl (C=O) groups is 1. The maximum Gasteiger partial charge on any atom is 0.340 e. The van der Waals surface area contributed by atoms with Crippen LogP contribution in [0.3, 0.4) is 0 Å². The van der Waals surface area contributed by atoms with E-state index in [0.29, 0.717) is 34.0 Å². The summed E-state index contributed by atoms with van der Waals surface area (Å²) in [5, 5.41) is 0.337. The van der Waals surface area contributed by atoms with Crippen LogP contribution in [0.25, 0.3) is 16.7 Å². The van der Waals surface area contributed by atoms with E-state index in [1.54, 1.807) is 23.6 Å². The quantitative estimate of drug-likeness (QED) is 0.550. The summed E-state index contributed by atoms with van der Waals surface area (Å²) in [7, 11) is 0. The van der Waals surface area contributed by atoms with Gasteiger partial charge in [0.2, 0.25) is 0 Å². The molecule has 3 rings (SSSR count). The van der Waals surface area contributed by atoms with Crippen LogP contribution in [0.1, 0.15) is 17.3 Å². The third-order valence-corrected chi connectivity index (χ3v) is 3.36. The summed E-state index contributed by atoms with van der Waals surface area (Å²) >= 11 is 6.16. The van der Waals surface area contributed by atoms with E-state index in [9.17, 15) is 4.79 Å². The van der Waals surface area contributed by atoms with Crippen molar-refractivity contribution in [2.75, 3.05) is 6.61 Å². The standard InChI is InChI=1S/C15H12ClN3O2/c1-2-21-15(20)10-5-3-4-6-12(10)19-8-7-11-13(19)14(16)18-9-17-11/h3-9H,2H2,1H3. The number of benzene rings is 1. The number of esters is 1. The van der Waals surface area contributed by atoms with Crippen molar-refractivity contribution in [2.24, 2.45) is 0 Å². The Labute approximate surface area is 126 Å². The van der Waals surface area contributed by atoms with E-state index in [1.165, 1.54) is 6.33 Å². The van der Waals surface area contributed by atoms with Gasteiger partial charge in [-0.05, 0) is 25.1 Å². The molecule has 5 nitrogen and oxygen atoms in total. The van der Waals surface area contributed by atoms with E-state index in [0.717, 1.165) is 0 Å². The van der Waals surface area contributed by atoms with Crippen molar-refractivity contribution < 1.29 is 9.53 Å². The summed E-state index contributed by atoms with van der Waals surface area (Å²) in [6.45, 7) is 2.10. The zero-order valence-corrected chi connectivity index (χ0v) is 12.0. The van der Waals surface area contributed by atoms with Gasteiger partial charge in [-0.25, -0.2) is 14.8 Å². The van der Waals surface area contributed by atoms with Gasteiger partial charge in [-0.3, -0.25) is 0 Å². The van der Waals surface area contributed by atoms with Crippen molar-refractivity contribution in [3.63, 3.8) is 0 Å². The lowest BCUT2D eigenvalue weighted by atomic mass is 10.1. The lowest BCUT2D eigenvalue weighted by Gasteiger charge is -2.11. The summed E-state index contributed by atoms with van der Waals surface area (Å²) in [4.78, 5) is 20.2. The third kappa shape index (κ3) is 2.36. The number of halogens is 1. The Balaban J connectivity index is 2.22. The van der Waals surface area contributed by atoms with Crippen LogP contribution in [0.2, 0.25) is 5.15 Å². The van der Waals surface area contributed by atoms with Gasteiger partial charge in [0.05, 0.1) is 23.4 Å². The molecule has 0 unspecified atom stereocenters. The van der Waals surface area contributed by atoms with Gasteiger partial charge >= 0.3 is 5.97 Å². The highest BCUT2D eigenvalue weighted by Gasteiger charge is 2.16. The number of fused-ring (bicyclic) bond motifs is 1. The van der Waals surface area contributed by atoms with Crippen molar-refractivity contribution in [3.05, 3.63) is 53.6 Å². The molecule has 0 radical (unpaired) electrons. The molecular weight excluding hydrogens is 290 g/mol. The van der Waals surface area contributed by atoms with Gasteiger partial charge in [0.1, 0.15) is 11.8 Å². The Morgan fingerprint density at radius 1 is 1.29 bits per heavy atom. The first kappa shape index (κ1) is 13.6. The summed E-state index contributed by atoms with van der Waals surface area (Å²) in [6, 6.07) is 9.01. The molecule has 0 amide bonds. The van der Waals surface area contributed by atoms with Crippen LogP contribution in [-0.4, -0.2) is 27.1 Å². The smallest absolute Gasteiger partial charge is 0.340 e. The molecule has 0 saturated carbocycles. The van der Waals surface area contributed by atoms with E-state index in [1.807, 2.05) is 24.4 Å². The molecule has 1 aromatic carbocycles. The Morgan fingerprint density at radius 3 is 2.90 bits per heavy atom. The molecule has 0 atom stereocenters. The summed E-state index contributed by atoms with van der Waals surface area (Å²) < 4.78 is 6.89. The van der Waals surface area contributed by atoms with E-state index < -0.39 is 0 Å². The van der Waals surface area contributed by atoms with Gasteiger partial charge in [0.15, 0.2) is 5.15 Å². The monoisotopic (exact) mass is 301 g/mol. The molecule has 0 aliphatic heterocycles. The maximum absolute atomic E-state index is 12.1. The number of ether oxygens (including phenoxy) is 1. The zero-order chi connectivity index (χ0) is 14.8. The number of nitrogens with zero attached hydrogens (tertiary/aromatic N) is 3. The number of hydrogen-bond acceptors (Lipinski definition) is 4. The minimum absolute atomic E-state index is 0.323. The topological polar surface area (TPSA) is 57.0 Å². The number of hydrogen-bond donors (Lipinski definition) is 0. The van der Waals surface area contributed by atoms with Crippen LogP contribution < -0.4 is 0 Å². The van der Waals surface area contributed by atoms with E-state index in [-0.39, 0.29) is 5.97 Å². The molecule has 21 heavy (non-hydrogen) atoms. The van der Waals surface area contributed by atoms with Gasteiger partial charge in [-0.15, -0.1) is 0 Å². The fourth-order valence-electron chi connectivity index (χ4n) is 2.20. The number of para-hydroxylation sites is 1. The van der Waals surface area contributed by atoms with E-state index in [4.69, 9.17) is 16.3 Å². The zero-order valence-electron chi connectivity index (χ0n) is 11.3. The molecule has 0 spiro atoms. The van der Waals surface area contributed by atoms with Crippen LogP contribution >= 0.6 is 11.6 Å². The molecule has 0 aliphatic rings. The second-order valence-corrected chi connectivity index (χ2v) is 4.68. The molecule has 0 aliphatic carbocycles. The molecule has 0 saturated heterocycles. The number of carbonyl (C=O) groups excluding carboxylic acids is 1. The maximum atomic E-state index is 12.1. The van der Waals surface area contributed by atoms with Crippen LogP contribution in [0.15, 0.2) is 42.9 Å². The minimum Gasteiger partial charge on any atom is -0.462 e. The first-order valence-corrected chi connectivity index (χ1v) is 6.84. The SMILES string of the molecule is CCOC(=O)c1ccccc1-n1ccc2ncnc(Cl)c21. The molecule has 3 aromatic rings. The Kier molecular flexibility index (Phi) is 3.58. The molecule has 0 bridgehead atoms. The third-order valence-electron chi connectivity index (χ3n) is 3.09. The van der Waals surface area contributed by atoms with Gasteiger partial charge in [-0.2, -0.15) is 0 Å². The van der Waals surface area contributed by atoms with Crippen molar-refractivity contribution in [3.8, 4) is 5.69 Å². The van der Waals surface area contributed by atoms with E-state index >= 15 is 0 Å². The average molecular weight is 302 g/mol. The Morgan fingerprint density at radius 2 is 2.10 bits per heavy atom. The predicted molar refractivity (Wildman–Crippen MR) is 79.8 cm³/mol. The highest BCUT2D eigenvalue weighted by molar-refractivity contribution is 6.33. The van der Waals surface area contributed by atoms with Crippen LogP contribution in [-0.2, 0) is 4.74 Å². The first-order valence-electron chi connectivity index (χ1n) is 6.46. The molecule has 2 aromatic heterocycles. The van der Waals surface area contributed by atoms with Gasteiger partial charge in [0, 0.05) is 6.20 Å². The molecule has 106 valence electrons. The van der Waals surface area contributed by atoms with Crippen molar-refractivity contribution >= 4 is 28.6 Å². The lowest BCUT2D eigenvalue weighted by Crippen LogP contribution is -2.09. The minimum atomic E-state index is -0.372. The van der Waals surface area contributed by atoms with Crippen molar-refractivity contribution in [1.82, 2.24) is 14.5 Å². The number of aromatic nitrogens is 3. The Hall–Kier alpha value is -2.40. The van der Waals surface area contributed by atoms with Gasteiger partial charge in [0.25, 0.3) is 0 Å². The number of rotatable bonds is 3. The molecule has 2 heterocycles. The fraction of sp³-hybridized carbons (Fsp3) is 0.133. The lowest BCUT2D eigenvalue weighted by molar-refractivity contribution is 0.0526. The largest absolute Gasteiger partial charge is 0.462 e. The first-order chi connectivity index (χ1) is 10.2. The average Bonchev–Trinajstić information content (AvgIpc) is 2.93. The highest BCUT2D eigenvalue weighted by Crippen LogP contribution is 2.26. The van der Waals surface area contributed by atoms with Gasteiger partial charge < -0.3 is 9.30 Å². The second kappa shape index (κ2) is 5.54. The molecule has 0 fully saturated rings. The van der Waals surface area contributed by atoms with Crippen molar-refractivity contribution in [1.29, 1.82) is 0 Å². The fourth-order valence-corrected chi connectivity index (χ4v) is 2.43. The van der Waals surface area contributed by atoms with Crippen molar-refractivity contribution in [2.45, 2.75) is 6.92 Å². The van der Waals surface area contributed by atoms with Crippen LogP contribution in [0, 0.1) is 0 Å².